The van der Waals surface area contributed by atoms with Crippen LogP contribution in [0.15, 0.2) is 91.0 Å². The first-order valence-electron chi connectivity index (χ1n) is 16.1. The number of likely N-dealkylation sites (tertiary alicyclic amines) is 1. The van der Waals surface area contributed by atoms with Gasteiger partial charge < -0.3 is 30.2 Å². The third kappa shape index (κ3) is 11.4. The van der Waals surface area contributed by atoms with Crippen molar-refractivity contribution in [2.75, 3.05) is 13.7 Å². The summed E-state index contributed by atoms with van der Waals surface area (Å²) in [5, 5.41) is 8.30. The van der Waals surface area contributed by atoms with Gasteiger partial charge >= 0.3 is 18.2 Å². The van der Waals surface area contributed by atoms with Gasteiger partial charge in [-0.05, 0) is 43.9 Å². The minimum Gasteiger partial charge on any atom is -0.467 e. The Hall–Kier alpha value is -5.39. The summed E-state index contributed by atoms with van der Waals surface area (Å²) in [6, 6.07) is 23.6. The van der Waals surface area contributed by atoms with Crippen LogP contribution in [0.25, 0.3) is 0 Å². The monoisotopic (exact) mass is 672 g/mol. The van der Waals surface area contributed by atoms with Gasteiger partial charge in [0.1, 0.15) is 30.3 Å². The summed E-state index contributed by atoms with van der Waals surface area (Å²) in [6.07, 6.45) is -1.12. The number of esters is 1. The van der Waals surface area contributed by atoms with Gasteiger partial charge in [0, 0.05) is 19.4 Å². The minimum absolute atomic E-state index is 0.0233. The Morgan fingerprint density at radius 2 is 1.31 bits per heavy atom. The normalized spacial score (nSPS) is 16.9. The van der Waals surface area contributed by atoms with Gasteiger partial charge in [-0.15, -0.1) is 0 Å². The predicted octanol–water partition coefficient (Wildman–Crippen LogP) is 3.92. The van der Waals surface area contributed by atoms with E-state index in [4.69, 9.17) is 14.2 Å². The van der Waals surface area contributed by atoms with Crippen molar-refractivity contribution < 1.29 is 38.2 Å². The van der Waals surface area contributed by atoms with Gasteiger partial charge in [-0.2, -0.15) is 0 Å². The van der Waals surface area contributed by atoms with Crippen molar-refractivity contribution >= 4 is 30.0 Å². The highest BCUT2D eigenvalue weighted by atomic mass is 16.6. The summed E-state index contributed by atoms with van der Waals surface area (Å²) in [5.41, 5.74) is 1.52. The van der Waals surface area contributed by atoms with Gasteiger partial charge in [-0.25, -0.2) is 14.4 Å². The predicted molar refractivity (Wildman–Crippen MR) is 181 cm³/mol. The third-order valence-electron chi connectivity index (χ3n) is 7.77. The molecule has 0 spiro atoms. The number of amides is 4. The van der Waals surface area contributed by atoms with Crippen LogP contribution in [0.5, 0.6) is 0 Å². The van der Waals surface area contributed by atoms with E-state index in [-0.39, 0.29) is 32.4 Å². The molecule has 12 heteroatoms. The lowest BCUT2D eigenvalue weighted by Crippen LogP contribution is -2.56. The van der Waals surface area contributed by atoms with Crippen LogP contribution in [-0.2, 0) is 48.0 Å². The van der Waals surface area contributed by atoms with Crippen LogP contribution in [0, 0.1) is 0 Å². The van der Waals surface area contributed by atoms with E-state index in [0.29, 0.717) is 0 Å². The van der Waals surface area contributed by atoms with Crippen LogP contribution < -0.4 is 16.0 Å². The summed E-state index contributed by atoms with van der Waals surface area (Å²) in [4.78, 5) is 67.7. The Morgan fingerprint density at radius 3 is 1.84 bits per heavy atom. The summed E-state index contributed by atoms with van der Waals surface area (Å²) in [5.74, 6) is -1.87. The number of nitrogens with one attached hydrogen (secondary N) is 3. The van der Waals surface area contributed by atoms with Crippen molar-refractivity contribution in [3.05, 3.63) is 108 Å². The number of carbonyl (C=O) groups is 5. The largest absolute Gasteiger partial charge is 0.467 e. The first-order chi connectivity index (χ1) is 23.4. The lowest BCUT2D eigenvalue weighted by Gasteiger charge is -2.29. The third-order valence-corrected chi connectivity index (χ3v) is 7.77. The Kier molecular flexibility index (Phi) is 12.7. The average Bonchev–Trinajstić information content (AvgIpc) is 3.51. The van der Waals surface area contributed by atoms with E-state index < -0.39 is 59.7 Å². The highest BCUT2D eigenvalue weighted by molar-refractivity contribution is 5.93. The molecule has 1 aliphatic rings. The lowest BCUT2D eigenvalue weighted by molar-refractivity contribution is -0.145. The maximum Gasteiger partial charge on any atom is 0.411 e. The molecule has 0 radical (unpaired) electrons. The summed E-state index contributed by atoms with van der Waals surface area (Å²) in [6.45, 7) is 5.15. The van der Waals surface area contributed by atoms with Crippen LogP contribution in [0.1, 0.15) is 43.9 Å². The van der Waals surface area contributed by atoms with Gasteiger partial charge in [-0.1, -0.05) is 91.0 Å². The molecular formula is C37H44N4O8. The van der Waals surface area contributed by atoms with Gasteiger partial charge in [-0.3, -0.25) is 14.5 Å². The van der Waals surface area contributed by atoms with Gasteiger partial charge in [0.25, 0.3) is 0 Å². The zero-order valence-corrected chi connectivity index (χ0v) is 28.2. The summed E-state index contributed by atoms with van der Waals surface area (Å²) >= 11 is 0. The molecular weight excluding hydrogens is 628 g/mol. The molecule has 4 amide bonds. The van der Waals surface area contributed by atoms with E-state index in [9.17, 15) is 24.0 Å². The van der Waals surface area contributed by atoms with Gasteiger partial charge in [0.15, 0.2) is 0 Å². The van der Waals surface area contributed by atoms with Gasteiger partial charge in [0.2, 0.25) is 11.8 Å². The standard InChI is InChI=1S/C37H44N4O8/c1-37(2,3)49-36(46)41-23-28(38-35(45)48-24-27-18-12-7-13-19-27)22-31(41)33(43)39-29(20-25-14-8-5-9-15-25)32(42)40-30(34(44)47-4)21-26-16-10-6-11-17-26/h5-19,28-31H,20-24H2,1-4H3,(H,38,45)(H,39,43)(H,40,42)/t28-,29+,30+,31-/m0/s1. The highest BCUT2D eigenvalue weighted by Gasteiger charge is 2.43. The highest BCUT2D eigenvalue weighted by Crippen LogP contribution is 2.23. The number of benzene rings is 3. The molecule has 1 fully saturated rings. The van der Waals surface area contributed by atoms with Crippen molar-refractivity contribution in [2.45, 2.75) is 76.4 Å². The number of ether oxygens (including phenoxy) is 3. The Labute approximate surface area is 286 Å². The van der Waals surface area contributed by atoms with Crippen molar-refractivity contribution in [3.63, 3.8) is 0 Å². The van der Waals surface area contributed by atoms with Crippen LogP contribution in [0.3, 0.4) is 0 Å². The molecule has 3 aromatic carbocycles. The number of rotatable bonds is 12. The van der Waals surface area contributed by atoms with E-state index in [1.807, 2.05) is 91.0 Å². The quantitative estimate of drug-likeness (QED) is 0.194. The Bertz CT molecular complexity index is 1560. The van der Waals surface area contributed by atoms with Crippen molar-refractivity contribution in [1.29, 1.82) is 0 Å². The number of nitrogens with zero attached hydrogens (tertiary/aromatic N) is 1. The molecule has 1 heterocycles. The number of hydrogen-bond acceptors (Lipinski definition) is 8. The molecule has 260 valence electrons. The molecule has 4 rings (SSSR count). The molecule has 1 saturated heterocycles. The SMILES string of the molecule is COC(=O)[C@@H](Cc1ccccc1)NC(=O)[C@@H](Cc1ccccc1)NC(=O)[C@@H]1C[C@H](NC(=O)OCc2ccccc2)CN1C(=O)OC(C)(C)C. The fourth-order valence-corrected chi connectivity index (χ4v) is 5.43. The van der Waals surface area contributed by atoms with Crippen LogP contribution in [-0.4, -0.2) is 78.3 Å². The molecule has 1 aliphatic heterocycles. The summed E-state index contributed by atoms with van der Waals surface area (Å²) in [7, 11) is 1.24. The molecule has 3 aromatic rings. The smallest absolute Gasteiger partial charge is 0.411 e. The number of alkyl carbamates (subject to hydrolysis) is 1. The molecule has 4 atom stereocenters. The molecule has 0 aliphatic carbocycles. The van der Waals surface area contributed by atoms with E-state index in [2.05, 4.69) is 16.0 Å². The molecule has 0 bridgehead atoms. The maximum absolute atomic E-state index is 14.0. The second-order valence-electron chi connectivity index (χ2n) is 12.8. The molecule has 3 N–H and O–H groups in total. The average molecular weight is 673 g/mol. The van der Waals surface area contributed by atoms with Gasteiger partial charge in [0.05, 0.1) is 13.2 Å². The molecule has 0 aromatic heterocycles. The van der Waals surface area contributed by atoms with E-state index in [0.717, 1.165) is 16.7 Å². The fraction of sp³-hybridized carbons (Fsp3) is 0.378. The zero-order chi connectivity index (χ0) is 35.4. The first kappa shape index (κ1) is 36.4. The summed E-state index contributed by atoms with van der Waals surface area (Å²) < 4.78 is 15.9. The van der Waals surface area contributed by atoms with Crippen LogP contribution in [0.2, 0.25) is 0 Å². The number of methoxy groups -OCH3 is 1. The second kappa shape index (κ2) is 17.1. The topological polar surface area (TPSA) is 152 Å². The van der Waals surface area contributed by atoms with Crippen molar-refractivity contribution in [2.24, 2.45) is 0 Å². The fourth-order valence-electron chi connectivity index (χ4n) is 5.43. The zero-order valence-electron chi connectivity index (χ0n) is 28.2. The van der Waals surface area contributed by atoms with Crippen LogP contribution in [0.4, 0.5) is 9.59 Å². The van der Waals surface area contributed by atoms with Crippen molar-refractivity contribution in [1.82, 2.24) is 20.9 Å². The first-order valence-corrected chi connectivity index (χ1v) is 16.1. The molecule has 0 unspecified atom stereocenters. The van der Waals surface area contributed by atoms with E-state index in [1.165, 1.54) is 12.0 Å². The van der Waals surface area contributed by atoms with Crippen molar-refractivity contribution in [3.8, 4) is 0 Å². The number of hydrogen-bond donors (Lipinski definition) is 3. The minimum atomic E-state index is -1.12. The Balaban J connectivity index is 1.51. The molecule has 12 nitrogen and oxygen atoms in total. The van der Waals surface area contributed by atoms with Crippen LogP contribution >= 0.6 is 0 Å². The van der Waals surface area contributed by atoms with E-state index >= 15 is 0 Å². The Morgan fingerprint density at radius 1 is 0.776 bits per heavy atom. The maximum atomic E-state index is 14.0. The molecule has 49 heavy (non-hydrogen) atoms. The molecule has 0 saturated carbocycles. The lowest BCUT2D eigenvalue weighted by atomic mass is 10.0. The van der Waals surface area contributed by atoms with E-state index in [1.54, 1.807) is 20.8 Å². The number of carbonyl (C=O) groups excluding carboxylic acids is 5. The second-order valence-corrected chi connectivity index (χ2v) is 12.8.